The van der Waals surface area contributed by atoms with E-state index in [0.29, 0.717) is 23.0 Å². The Morgan fingerprint density at radius 3 is 2.71 bits per heavy atom. The van der Waals surface area contributed by atoms with Gasteiger partial charge < -0.3 is 4.90 Å². The zero-order valence-corrected chi connectivity index (χ0v) is 13.1. The van der Waals surface area contributed by atoms with Crippen LogP contribution in [0.3, 0.4) is 0 Å². The summed E-state index contributed by atoms with van der Waals surface area (Å²) < 4.78 is 0. The third-order valence-corrected chi connectivity index (χ3v) is 4.37. The number of nitrogens with zero attached hydrogens (tertiary/aromatic N) is 2. The number of amides is 1. The number of carbonyl (C=O) groups is 2. The molecule has 0 atom stereocenters. The van der Waals surface area contributed by atoms with Crippen molar-refractivity contribution in [1.29, 1.82) is 0 Å². The number of carbonyl (C=O) groups excluding carboxylic acids is 2. The molecule has 1 aromatic heterocycles. The van der Waals surface area contributed by atoms with Gasteiger partial charge >= 0.3 is 0 Å². The molecule has 2 rings (SSSR count). The third kappa shape index (κ3) is 4.27. The van der Waals surface area contributed by atoms with Crippen LogP contribution in [0.15, 0.2) is 12.4 Å². The summed E-state index contributed by atoms with van der Waals surface area (Å²) in [7, 11) is 0. The van der Waals surface area contributed by atoms with Crippen molar-refractivity contribution in [3.8, 4) is 0 Å². The van der Waals surface area contributed by atoms with Crippen molar-refractivity contribution in [1.82, 2.24) is 9.88 Å². The Morgan fingerprint density at radius 1 is 1.38 bits per heavy atom. The van der Waals surface area contributed by atoms with Gasteiger partial charge in [-0.3, -0.25) is 14.6 Å². The highest BCUT2D eigenvalue weighted by atomic mass is 35.5. The second-order valence-electron chi connectivity index (χ2n) is 5.78. The predicted octanol–water partition coefficient (Wildman–Crippen LogP) is 3.26. The maximum absolute atomic E-state index is 12.4. The topological polar surface area (TPSA) is 50.3 Å². The first-order valence-electron chi connectivity index (χ1n) is 7.44. The van der Waals surface area contributed by atoms with Crippen LogP contribution in [0.5, 0.6) is 0 Å². The van der Waals surface area contributed by atoms with Crippen molar-refractivity contribution in [2.24, 2.45) is 5.92 Å². The second kappa shape index (κ2) is 7.55. The van der Waals surface area contributed by atoms with Gasteiger partial charge in [-0.25, -0.2) is 0 Å². The van der Waals surface area contributed by atoms with Crippen molar-refractivity contribution >= 4 is 23.8 Å². The van der Waals surface area contributed by atoms with Gasteiger partial charge in [-0.05, 0) is 31.2 Å². The highest BCUT2D eigenvalue weighted by Gasteiger charge is 2.20. The number of ketones is 1. The molecule has 0 spiro atoms. The monoisotopic (exact) mass is 308 g/mol. The number of rotatable bonds is 6. The SMILES string of the molecule is Cc1cncc(Cl)c1C(=O)CN(C=O)CC1CCCCC1. The van der Waals surface area contributed by atoms with Crippen molar-refractivity contribution < 1.29 is 9.59 Å². The molecule has 114 valence electrons. The van der Waals surface area contributed by atoms with E-state index in [0.717, 1.165) is 24.8 Å². The summed E-state index contributed by atoms with van der Waals surface area (Å²) in [5, 5.41) is 0.350. The summed E-state index contributed by atoms with van der Waals surface area (Å²) in [4.78, 5) is 29.2. The van der Waals surface area contributed by atoms with E-state index >= 15 is 0 Å². The quantitative estimate of drug-likeness (QED) is 0.598. The van der Waals surface area contributed by atoms with Gasteiger partial charge in [-0.1, -0.05) is 30.9 Å². The molecule has 0 aliphatic heterocycles. The van der Waals surface area contributed by atoms with Crippen LogP contribution >= 0.6 is 11.6 Å². The lowest BCUT2D eigenvalue weighted by Crippen LogP contribution is -2.34. The smallest absolute Gasteiger partial charge is 0.210 e. The highest BCUT2D eigenvalue weighted by molar-refractivity contribution is 6.34. The first-order valence-corrected chi connectivity index (χ1v) is 7.82. The van der Waals surface area contributed by atoms with E-state index in [2.05, 4.69) is 4.98 Å². The zero-order chi connectivity index (χ0) is 15.2. The molecule has 21 heavy (non-hydrogen) atoms. The zero-order valence-electron chi connectivity index (χ0n) is 12.3. The minimum absolute atomic E-state index is 0.0879. The summed E-state index contributed by atoms with van der Waals surface area (Å²) in [5.74, 6) is 0.397. The lowest BCUT2D eigenvalue weighted by molar-refractivity contribution is -0.118. The summed E-state index contributed by atoms with van der Waals surface area (Å²) in [6.07, 6.45) is 9.88. The maximum atomic E-state index is 12.4. The van der Waals surface area contributed by atoms with E-state index in [4.69, 9.17) is 11.6 Å². The van der Waals surface area contributed by atoms with Crippen LogP contribution in [-0.4, -0.2) is 35.2 Å². The Kier molecular flexibility index (Phi) is 5.74. The molecule has 1 aliphatic rings. The average Bonchev–Trinajstić information content (AvgIpc) is 2.47. The largest absolute Gasteiger partial charge is 0.337 e. The van der Waals surface area contributed by atoms with E-state index in [1.54, 1.807) is 18.0 Å². The summed E-state index contributed by atoms with van der Waals surface area (Å²) in [5.41, 5.74) is 1.22. The Bertz CT molecular complexity index is 493. The van der Waals surface area contributed by atoms with Crippen LogP contribution in [-0.2, 0) is 4.79 Å². The number of halogens is 1. The first kappa shape index (κ1) is 16.0. The molecule has 0 unspecified atom stereocenters. The van der Waals surface area contributed by atoms with E-state index in [1.165, 1.54) is 25.5 Å². The van der Waals surface area contributed by atoms with Crippen molar-refractivity contribution in [3.05, 3.63) is 28.5 Å². The number of Topliss-reactive ketones (excluding diaryl/α,β-unsaturated/α-hetero) is 1. The summed E-state index contributed by atoms with van der Waals surface area (Å²) in [6.45, 7) is 2.56. The lowest BCUT2D eigenvalue weighted by atomic mass is 9.89. The van der Waals surface area contributed by atoms with Crippen molar-refractivity contribution in [2.75, 3.05) is 13.1 Å². The summed E-state index contributed by atoms with van der Waals surface area (Å²) in [6, 6.07) is 0. The van der Waals surface area contributed by atoms with Gasteiger partial charge in [0.05, 0.1) is 11.6 Å². The van der Waals surface area contributed by atoms with E-state index in [1.807, 2.05) is 0 Å². The Hall–Kier alpha value is -1.42. The van der Waals surface area contributed by atoms with Gasteiger partial charge in [0.25, 0.3) is 0 Å². The Morgan fingerprint density at radius 2 is 2.10 bits per heavy atom. The van der Waals surface area contributed by atoms with Crippen LogP contribution in [0.2, 0.25) is 5.02 Å². The molecule has 1 fully saturated rings. The van der Waals surface area contributed by atoms with Crippen LogP contribution in [0, 0.1) is 12.8 Å². The fraction of sp³-hybridized carbons (Fsp3) is 0.562. The number of pyridine rings is 1. The molecule has 4 nitrogen and oxygen atoms in total. The van der Waals surface area contributed by atoms with Crippen molar-refractivity contribution in [2.45, 2.75) is 39.0 Å². The Balaban J connectivity index is 2.00. The second-order valence-corrected chi connectivity index (χ2v) is 6.18. The number of hydrogen-bond donors (Lipinski definition) is 0. The van der Waals surface area contributed by atoms with Crippen LogP contribution < -0.4 is 0 Å². The van der Waals surface area contributed by atoms with Gasteiger partial charge in [-0.2, -0.15) is 0 Å². The molecule has 1 saturated carbocycles. The maximum Gasteiger partial charge on any atom is 0.210 e. The first-order chi connectivity index (χ1) is 10.1. The van der Waals surface area contributed by atoms with Gasteiger partial charge in [0.2, 0.25) is 6.41 Å². The van der Waals surface area contributed by atoms with E-state index in [9.17, 15) is 9.59 Å². The van der Waals surface area contributed by atoms with E-state index < -0.39 is 0 Å². The molecule has 1 aromatic rings. The van der Waals surface area contributed by atoms with Crippen molar-refractivity contribution in [3.63, 3.8) is 0 Å². The van der Waals surface area contributed by atoms with Gasteiger partial charge in [0.15, 0.2) is 5.78 Å². The molecule has 1 heterocycles. The van der Waals surface area contributed by atoms with Crippen LogP contribution in [0.25, 0.3) is 0 Å². The van der Waals surface area contributed by atoms with Gasteiger partial charge in [-0.15, -0.1) is 0 Å². The number of hydrogen-bond acceptors (Lipinski definition) is 3. The average molecular weight is 309 g/mol. The fourth-order valence-corrected chi connectivity index (χ4v) is 3.31. The molecule has 0 radical (unpaired) electrons. The van der Waals surface area contributed by atoms with Gasteiger partial charge in [0.1, 0.15) is 0 Å². The summed E-state index contributed by atoms with van der Waals surface area (Å²) >= 11 is 6.05. The van der Waals surface area contributed by atoms with Crippen LogP contribution in [0.4, 0.5) is 0 Å². The standard InChI is InChI=1S/C16H21ClN2O2/c1-12-7-18-8-14(17)16(12)15(21)10-19(11-20)9-13-5-3-2-4-6-13/h7-8,11,13H,2-6,9-10H2,1H3. The number of aromatic nitrogens is 1. The molecule has 5 heteroatoms. The normalized spacial score (nSPS) is 15.7. The Labute approximate surface area is 130 Å². The molecule has 0 bridgehead atoms. The molecule has 1 amide bonds. The molecule has 0 aromatic carbocycles. The molecule has 0 saturated heterocycles. The number of aryl methyl sites for hydroxylation is 1. The molecule has 1 aliphatic carbocycles. The lowest BCUT2D eigenvalue weighted by Gasteiger charge is -2.26. The molecular formula is C16H21ClN2O2. The fourth-order valence-electron chi connectivity index (χ4n) is 2.99. The minimum Gasteiger partial charge on any atom is -0.337 e. The highest BCUT2D eigenvalue weighted by Crippen LogP contribution is 2.24. The third-order valence-electron chi connectivity index (χ3n) is 4.08. The van der Waals surface area contributed by atoms with Gasteiger partial charge in [0, 0.05) is 24.5 Å². The minimum atomic E-state index is -0.122. The van der Waals surface area contributed by atoms with E-state index in [-0.39, 0.29) is 12.3 Å². The predicted molar refractivity (Wildman–Crippen MR) is 82.5 cm³/mol. The van der Waals surface area contributed by atoms with Crippen LogP contribution in [0.1, 0.15) is 48.0 Å². The molecular weight excluding hydrogens is 288 g/mol. The molecule has 0 N–H and O–H groups in total.